The first-order chi connectivity index (χ1) is 8.13. The summed E-state index contributed by atoms with van der Waals surface area (Å²) in [6, 6.07) is 4.47. The number of para-hydroxylation sites is 1. The lowest BCUT2D eigenvalue weighted by molar-refractivity contribution is 0.0783. The third-order valence-corrected chi connectivity index (χ3v) is 3.40. The average molecular weight is 235 g/mol. The second-order valence-corrected chi connectivity index (χ2v) is 4.49. The van der Waals surface area contributed by atoms with Crippen LogP contribution in [0.4, 0.5) is 0 Å². The van der Waals surface area contributed by atoms with Gasteiger partial charge in [0.05, 0.1) is 5.56 Å². The number of carbonyl (C=O) groups is 1. The number of amides is 1. The fourth-order valence-corrected chi connectivity index (χ4v) is 2.22. The Morgan fingerprint density at radius 1 is 1.47 bits per heavy atom. The Kier molecular flexibility index (Phi) is 3.22. The van der Waals surface area contributed by atoms with Gasteiger partial charge < -0.3 is 15.1 Å². The summed E-state index contributed by atoms with van der Waals surface area (Å²) in [5.41, 5.74) is 0.182. The minimum atomic E-state index is -0.322. The zero-order chi connectivity index (χ0) is 12.4. The minimum absolute atomic E-state index is 0.182. The Hall–Kier alpha value is -1.71. The van der Waals surface area contributed by atoms with Gasteiger partial charge in [0.1, 0.15) is 0 Å². The zero-order valence-electron chi connectivity index (χ0n) is 9.89. The van der Waals surface area contributed by atoms with E-state index in [0.29, 0.717) is 5.92 Å². The Labute approximate surface area is 100 Å². The van der Waals surface area contributed by atoms with Crippen molar-refractivity contribution in [3.8, 4) is 11.5 Å². The summed E-state index contributed by atoms with van der Waals surface area (Å²) in [5, 5.41) is 19.0. The highest BCUT2D eigenvalue weighted by molar-refractivity contribution is 5.97. The third-order valence-electron chi connectivity index (χ3n) is 3.40. The molecular formula is C13H17NO3. The van der Waals surface area contributed by atoms with Crippen LogP contribution in [0.15, 0.2) is 18.2 Å². The van der Waals surface area contributed by atoms with Crippen LogP contribution in [0.25, 0.3) is 0 Å². The van der Waals surface area contributed by atoms with Crippen LogP contribution in [-0.4, -0.2) is 34.1 Å². The summed E-state index contributed by atoms with van der Waals surface area (Å²) < 4.78 is 0. The fraction of sp³-hybridized carbons (Fsp3) is 0.462. The van der Waals surface area contributed by atoms with Crippen molar-refractivity contribution in [1.29, 1.82) is 0 Å². The molecule has 4 heteroatoms. The molecule has 4 nitrogen and oxygen atoms in total. The summed E-state index contributed by atoms with van der Waals surface area (Å²) in [7, 11) is 0. The van der Waals surface area contributed by atoms with E-state index in [9.17, 15) is 15.0 Å². The topological polar surface area (TPSA) is 60.8 Å². The van der Waals surface area contributed by atoms with E-state index in [4.69, 9.17) is 0 Å². The molecule has 1 aromatic carbocycles. The van der Waals surface area contributed by atoms with E-state index >= 15 is 0 Å². The molecule has 0 radical (unpaired) electrons. The van der Waals surface area contributed by atoms with E-state index in [0.717, 1.165) is 25.9 Å². The number of rotatable bonds is 2. The van der Waals surface area contributed by atoms with Gasteiger partial charge in [-0.3, -0.25) is 4.79 Å². The van der Waals surface area contributed by atoms with Crippen LogP contribution in [0.2, 0.25) is 0 Å². The van der Waals surface area contributed by atoms with Gasteiger partial charge in [-0.2, -0.15) is 0 Å². The van der Waals surface area contributed by atoms with E-state index < -0.39 is 0 Å². The number of phenols is 2. The van der Waals surface area contributed by atoms with E-state index in [1.807, 2.05) is 0 Å². The van der Waals surface area contributed by atoms with Crippen molar-refractivity contribution in [2.24, 2.45) is 5.92 Å². The molecule has 0 aromatic heterocycles. The predicted octanol–water partition coefficient (Wildman–Crippen LogP) is 1.97. The quantitative estimate of drug-likeness (QED) is 0.770. The van der Waals surface area contributed by atoms with Crippen LogP contribution in [0.5, 0.6) is 11.5 Å². The van der Waals surface area contributed by atoms with Crippen molar-refractivity contribution in [2.75, 3.05) is 13.1 Å². The van der Waals surface area contributed by atoms with Gasteiger partial charge in [-0.1, -0.05) is 19.4 Å². The Morgan fingerprint density at radius 2 is 2.24 bits per heavy atom. The summed E-state index contributed by atoms with van der Waals surface area (Å²) in [6.07, 6.45) is 2.08. The van der Waals surface area contributed by atoms with Gasteiger partial charge in [0.25, 0.3) is 5.91 Å². The second-order valence-electron chi connectivity index (χ2n) is 4.49. The number of hydrogen-bond acceptors (Lipinski definition) is 3. The molecule has 2 rings (SSSR count). The van der Waals surface area contributed by atoms with Crippen LogP contribution in [0, 0.1) is 5.92 Å². The van der Waals surface area contributed by atoms with Crippen LogP contribution in [0.3, 0.4) is 0 Å². The maximum atomic E-state index is 12.1. The Balaban J connectivity index is 2.18. The molecule has 1 aliphatic rings. The normalized spacial score (nSPS) is 19.6. The van der Waals surface area contributed by atoms with Crippen molar-refractivity contribution in [2.45, 2.75) is 19.8 Å². The lowest BCUT2D eigenvalue weighted by Gasteiger charge is -2.17. The molecule has 1 saturated heterocycles. The molecular weight excluding hydrogens is 218 g/mol. The fourth-order valence-electron chi connectivity index (χ4n) is 2.22. The van der Waals surface area contributed by atoms with Gasteiger partial charge in [0.2, 0.25) is 0 Å². The van der Waals surface area contributed by atoms with Gasteiger partial charge in [-0.15, -0.1) is 0 Å². The molecule has 1 heterocycles. The Morgan fingerprint density at radius 3 is 2.88 bits per heavy atom. The molecule has 0 spiro atoms. The van der Waals surface area contributed by atoms with Gasteiger partial charge >= 0.3 is 0 Å². The first kappa shape index (κ1) is 11.8. The monoisotopic (exact) mass is 235 g/mol. The van der Waals surface area contributed by atoms with Crippen molar-refractivity contribution < 1.29 is 15.0 Å². The van der Waals surface area contributed by atoms with Crippen molar-refractivity contribution in [3.63, 3.8) is 0 Å². The lowest BCUT2D eigenvalue weighted by Crippen LogP contribution is -2.28. The van der Waals surface area contributed by atoms with E-state index in [2.05, 4.69) is 6.92 Å². The highest BCUT2D eigenvalue weighted by Gasteiger charge is 2.27. The highest BCUT2D eigenvalue weighted by Crippen LogP contribution is 2.30. The maximum absolute atomic E-state index is 12.1. The predicted molar refractivity (Wildman–Crippen MR) is 64.1 cm³/mol. The summed E-state index contributed by atoms with van der Waals surface area (Å²) in [5.74, 6) is -0.215. The van der Waals surface area contributed by atoms with Crippen LogP contribution in [0.1, 0.15) is 30.1 Å². The molecule has 0 bridgehead atoms. The number of hydrogen-bond donors (Lipinski definition) is 2. The number of nitrogens with zero attached hydrogens (tertiary/aromatic N) is 1. The maximum Gasteiger partial charge on any atom is 0.257 e. The standard InChI is InChI=1S/C13H17NO3/c1-2-9-6-7-14(8-9)13(17)10-4-3-5-11(15)12(10)16/h3-5,9,15-16H,2,6-8H2,1H3. The number of benzene rings is 1. The number of aromatic hydroxyl groups is 2. The van der Waals surface area contributed by atoms with Gasteiger partial charge in [0, 0.05) is 13.1 Å². The molecule has 1 amide bonds. The molecule has 92 valence electrons. The molecule has 17 heavy (non-hydrogen) atoms. The van der Waals surface area contributed by atoms with Gasteiger partial charge in [0.15, 0.2) is 11.5 Å². The average Bonchev–Trinajstić information content (AvgIpc) is 2.80. The van der Waals surface area contributed by atoms with E-state index in [-0.39, 0.29) is 23.0 Å². The number of likely N-dealkylation sites (tertiary alicyclic amines) is 1. The third kappa shape index (κ3) is 2.20. The summed E-state index contributed by atoms with van der Waals surface area (Å²) in [6.45, 7) is 3.58. The molecule has 1 aromatic rings. The largest absolute Gasteiger partial charge is 0.504 e. The van der Waals surface area contributed by atoms with Crippen LogP contribution < -0.4 is 0 Å². The second kappa shape index (κ2) is 4.65. The lowest BCUT2D eigenvalue weighted by atomic mass is 10.1. The number of carbonyl (C=O) groups excluding carboxylic acids is 1. The zero-order valence-corrected chi connectivity index (χ0v) is 9.89. The molecule has 1 atom stereocenters. The van der Waals surface area contributed by atoms with Crippen molar-refractivity contribution >= 4 is 5.91 Å². The molecule has 1 unspecified atom stereocenters. The summed E-state index contributed by atoms with van der Waals surface area (Å²) in [4.78, 5) is 13.9. The van der Waals surface area contributed by atoms with E-state index in [1.54, 1.807) is 11.0 Å². The Bertz CT molecular complexity index is 431. The molecule has 2 N–H and O–H groups in total. The van der Waals surface area contributed by atoms with Crippen LogP contribution >= 0.6 is 0 Å². The van der Waals surface area contributed by atoms with E-state index in [1.165, 1.54) is 12.1 Å². The SMILES string of the molecule is CCC1CCN(C(=O)c2cccc(O)c2O)C1. The first-order valence-corrected chi connectivity index (χ1v) is 5.93. The van der Waals surface area contributed by atoms with Crippen LogP contribution in [-0.2, 0) is 0 Å². The molecule has 1 aliphatic heterocycles. The van der Waals surface area contributed by atoms with Crippen molar-refractivity contribution in [1.82, 2.24) is 4.90 Å². The molecule has 0 aliphatic carbocycles. The van der Waals surface area contributed by atoms with Gasteiger partial charge in [-0.05, 0) is 24.5 Å². The first-order valence-electron chi connectivity index (χ1n) is 5.93. The highest BCUT2D eigenvalue weighted by atomic mass is 16.3. The minimum Gasteiger partial charge on any atom is -0.504 e. The van der Waals surface area contributed by atoms with Gasteiger partial charge in [-0.25, -0.2) is 0 Å². The molecule has 0 saturated carbocycles. The smallest absolute Gasteiger partial charge is 0.257 e. The van der Waals surface area contributed by atoms with Crippen molar-refractivity contribution in [3.05, 3.63) is 23.8 Å². The summed E-state index contributed by atoms with van der Waals surface area (Å²) >= 11 is 0. The molecule has 1 fully saturated rings. The number of phenolic OH excluding ortho intramolecular Hbond substituents is 2.